The Morgan fingerprint density at radius 2 is 1.74 bits per heavy atom. The van der Waals surface area contributed by atoms with Gasteiger partial charge in [0.1, 0.15) is 0 Å². The lowest BCUT2D eigenvalue weighted by Crippen LogP contribution is -2.02. The van der Waals surface area contributed by atoms with Gasteiger partial charge in [-0.05, 0) is 22.6 Å². The van der Waals surface area contributed by atoms with Crippen LogP contribution in [0.5, 0.6) is 0 Å². The minimum atomic E-state index is -1.52. The Morgan fingerprint density at radius 1 is 1.05 bits per heavy atom. The van der Waals surface area contributed by atoms with Crippen LogP contribution < -0.4 is 0 Å². The number of carbonyl (C=O) groups excluding carboxylic acids is 1. The van der Waals surface area contributed by atoms with Crippen LogP contribution in [0.25, 0.3) is 11.1 Å². The number of benzene rings is 1. The van der Waals surface area contributed by atoms with Crippen molar-refractivity contribution >= 4 is 23.1 Å². The third kappa shape index (κ3) is 3.08. The topological polar surface area (TPSA) is 74.6 Å². The Kier molecular flexibility index (Phi) is 3.77. The molecular weight excluding hydrogens is 264 g/mol. The van der Waals surface area contributed by atoms with Crippen molar-refractivity contribution in [1.82, 2.24) is 0 Å². The Labute approximate surface area is 113 Å². The van der Waals surface area contributed by atoms with E-state index in [1.807, 2.05) is 35.7 Å². The van der Waals surface area contributed by atoms with Crippen molar-refractivity contribution in [2.45, 2.75) is 0 Å². The summed E-state index contributed by atoms with van der Waals surface area (Å²) in [4.78, 5) is 22.5. The molecule has 4 nitrogen and oxygen atoms in total. The molecule has 0 amide bonds. The first-order chi connectivity index (χ1) is 9.08. The van der Waals surface area contributed by atoms with Crippen LogP contribution in [0.2, 0.25) is 0 Å². The molecule has 0 fully saturated rings. The molecule has 19 heavy (non-hydrogen) atoms. The fourth-order valence-corrected chi connectivity index (χ4v) is 2.33. The summed E-state index contributed by atoms with van der Waals surface area (Å²) in [5.41, 5.74) is 1.86. The van der Waals surface area contributed by atoms with E-state index >= 15 is 0 Å². The van der Waals surface area contributed by atoms with E-state index in [0.717, 1.165) is 11.1 Å². The zero-order valence-corrected chi connectivity index (χ0v) is 10.6. The first kappa shape index (κ1) is 13.0. The first-order valence-corrected chi connectivity index (χ1v) is 6.28. The second kappa shape index (κ2) is 5.49. The fourth-order valence-electron chi connectivity index (χ4n) is 1.50. The molecule has 2 N–H and O–H groups in total. The number of hydrogen-bond donors (Lipinski definition) is 2. The maximum absolute atomic E-state index is 11.7. The molecule has 0 saturated carbocycles. The van der Waals surface area contributed by atoms with E-state index in [9.17, 15) is 9.59 Å². The molecular formula is C14H10O4S. The summed E-state index contributed by atoms with van der Waals surface area (Å²) in [6.45, 7) is 0. The summed E-state index contributed by atoms with van der Waals surface area (Å²) in [5.74, 6) is -3.00. The van der Waals surface area contributed by atoms with E-state index in [0.29, 0.717) is 11.0 Å². The lowest BCUT2D eigenvalue weighted by molar-refractivity contribution is -0.135. The number of carboxylic acids is 1. The van der Waals surface area contributed by atoms with E-state index in [1.165, 1.54) is 11.3 Å². The lowest BCUT2D eigenvalue weighted by Gasteiger charge is -1.95. The van der Waals surface area contributed by atoms with Gasteiger partial charge >= 0.3 is 5.97 Å². The summed E-state index contributed by atoms with van der Waals surface area (Å²) in [5, 5.41) is 19.3. The molecule has 2 rings (SSSR count). The fraction of sp³-hybridized carbons (Fsp3) is 0. The predicted octanol–water partition coefficient (Wildman–Crippen LogP) is 3.12. The van der Waals surface area contributed by atoms with Gasteiger partial charge in [-0.15, -0.1) is 11.3 Å². The van der Waals surface area contributed by atoms with Crippen LogP contribution in [0, 0.1) is 0 Å². The Morgan fingerprint density at radius 3 is 2.37 bits per heavy atom. The zero-order valence-electron chi connectivity index (χ0n) is 9.74. The SMILES string of the molecule is O=C(O)C(O)=CC(=O)c1cc(-c2ccccc2)cs1. The quantitative estimate of drug-likeness (QED) is 0.510. The summed E-state index contributed by atoms with van der Waals surface area (Å²) in [6.07, 6.45) is 0.711. The molecule has 0 atom stereocenters. The molecule has 5 heteroatoms. The number of aliphatic carboxylic acids is 1. The largest absolute Gasteiger partial charge is 0.502 e. The van der Waals surface area contributed by atoms with Gasteiger partial charge in [0.05, 0.1) is 4.88 Å². The number of carboxylic acid groups (broad SMARTS) is 1. The normalized spacial score (nSPS) is 11.3. The van der Waals surface area contributed by atoms with Crippen LogP contribution in [-0.4, -0.2) is 22.0 Å². The molecule has 0 spiro atoms. The molecule has 1 aromatic carbocycles. The van der Waals surface area contributed by atoms with E-state index < -0.39 is 17.5 Å². The van der Waals surface area contributed by atoms with Crippen LogP contribution in [0.4, 0.5) is 0 Å². The highest BCUT2D eigenvalue weighted by Gasteiger charge is 2.12. The average Bonchev–Trinajstić information content (AvgIpc) is 2.89. The standard InChI is InChI=1S/C14H10O4S/c15-11(7-12(16)14(17)18)13-6-10(8-19-13)9-4-2-1-3-5-9/h1-8,16H,(H,17,18). The van der Waals surface area contributed by atoms with Gasteiger partial charge < -0.3 is 10.2 Å². The number of hydrogen-bond acceptors (Lipinski definition) is 4. The van der Waals surface area contributed by atoms with Crippen molar-refractivity contribution in [2.75, 3.05) is 0 Å². The molecule has 1 heterocycles. The highest BCUT2D eigenvalue weighted by Crippen LogP contribution is 2.25. The van der Waals surface area contributed by atoms with Crippen LogP contribution in [-0.2, 0) is 4.79 Å². The van der Waals surface area contributed by atoms with E-state index in [-0.39, 0.29) is 0 Å². The van der Waals surface area contributed by atoms with E-state index in [1.54, 1.807) is 6.07 Å². The third-order valence-electron chi connectivity index (χ3n) is 2.44. The van der Waals surface area contributed by atoms with Gasteiger partial charge in [0.25, 0.3) is 0 Å². The molecule has 0 saturated heterocycles. The number of rotatable bonds is 4. The molecule has 0 bridgehead atoms. The van der Waals surface area contributed by atoms with Crippen molar-refractivity contribution in [2.24, 2.45) is 0 Å². The number of carbonyl (C=O) groups is 2. The van der Waals surface area contributed by atoms with Gasteiger partial charge in [-0.3, -0.25) is 4.79 Å². The molecule has 2 aromatic rings. The number of aliphatic hydroxyl groups is 1. The summed E-state index contributed by atoms with van der Waals surface area (Å²) in [7, 11) is 0. The zero-order chi connectivity index (χ0) is 13.8. The Balaban J connectivity index is 2.25. The number of aliphatic hydroxyl groups excluding tert-OH is 1. The van der Waals surface area contributed by atoms with Gasteiger partial charge in [-0.2, -0.15) is 0 Å². The molecule has 0 aliphatic rings. The van der Waals surface area contributed by atoms with Gasteiger partial charge in [0, 0.05) is 6.08 Å². The van der Waals surface area contributed by atoms with Crippen LogP contribution in [0.15, 0.2) is 53.6 Å². The predicted molar refractivity (Wildman–Crippen MR) is 72.4 cm³/mol. The monoisotopic (exact) mass is 274 g/mol. The molecule has 1 aromatic heterocycles. The third-order valence-corrected chi connectivity index (χ3v) is 3.38. The van der Waals surface area contributed by atoms with Gasteiger partial charge in [0.15, 0.2) is 5.78 Å². The maximum Gasteiger partial charge on any atom is 0.371 e. The van der Waals surface area contributed by atoms with Gasteiger partial charge in [-0.25, -0.2) is 4.79 Å². The molecule has 0 radical (unpaired) electrons. The number of allylic oxidation sites excluding steroid dienone is 1. The van der Waals surface area contributed by atoms with Crippen molar-refractivity contribution in [1.29, 1.82) is 0 Å². The van der Waals surface area contributed by atoms with Crippen LogP contribution in [0.1, 0.15) is 9.67 Å². The molecule has 0 unspecified atom stereocenters. The van der Waals surface area contributed by atoms with Gasteiger partial charge in [-0.1, -0.05) is 30.3 Å². The van der Waals surface area contributed by atoms with Crippen molar-refractivity contribution < 1.29 is 19.8 Å². The first-order valence-electron chi connectivity index (χ1n) is 5.40. The van der Waals surface area contributed by atoms with Crippen molar-refractivity contribution in [3.63, 3.8) is 0 Å². The van der Waals surface area contributed by atoms with Crippen LogP contribution in [0.3, 0.4) is 0 Å². The van der Waals surface area contributed by atoms with Crippen molar-refractivity contribution in [3.8, 4) is 11.1 Å². The minimum Gasteiger partial charge on any atom is -0.502 e. The smallest absolute Gasteiger partial charge is 0.371 e. The summed E-state index contributed by atoms with van der Waals surface area (Å²) in [6, 6.07) is 11.2. The molecule has 0 aliphatic carbocycles. The lowest BCUT2D eigenvalue weighted by atomic mass is 10.1. The number of ketones is 1. The highest BCUT2D eigenvalue weighted by atomic mass is 32.1. The highest BCUT2D eigenvalue weighted by molar-refractivity contribution is 7.12. The van der Waals surface area contributed by atoms with Crippen molar-refractivity contribution in [3.05, 3.63) is 58.5 Å². The molecule has 0 aliphatic heterocycles. The second-order valence-corrected chi connectivity index (χ2v) is 4.68. The number of thiophene rings is 1. The molecule has 96 valence electrons. The Bertz CT molecular complexity index is 640. The van der Waals surface area contributed by atoms with Crippen LogP contribution >= 0.6 is 11.3 Å². The summed E-state index contributed by atoms with van der Waals surface area (Å²) >= 11 is 1.21. The van der Waals surface area contributed by atoms with E-state index in [4.69, 9.17) is 10.2 Å². The maximum atomic E-state index is 11.7. The minimum absolute atomic E-state index is 0.381. The average molecular weight is 274 g/mol. The van der Waals surface area contributed by atoms with E-state index in [2.05, 4.69) is 0 Å². The summed E-state index contributed by atoms with van der Waals surface area (Å²) < 4.78 is 0. The van der Waals surface area contributed by atoms with Gasteiger partial charge in [0.2, 0.25) is 5.76 Å². The second-order valence-electron chi connectivity index (χ2n) is 3.76. The Hall–Kier alpha value is -2.40.